The van der Waals surface area contributed by atoms with Crippen molar-refractivity contribution in [2.24, 2.45) is 0 Å². The zero-order valence-corrected chi connectivity index (χ0v) is 13.6. The van der Waals surface area contributed by atoms with E-state index in [9.17, 15) is 4.79 Å². The van der Waals surface area contributed by atoms with E-state index in [0.29, 0.717) is 13.2 Å². The van der Waals surface area contributed by atoms with Gasteiger partial charge in [0.15, 0.2) is 0 Å². The van der Waals surface area contributed by atoms with Gasteiger partial charge < -0.3 is 0 Å². The Morgan fingerprint density at radius 2 is 1.94 bits per heavy atom. The SMILES string of the molecule is CCOC(=O)C[n+]1c(C)[te]c2cc(C)c(C)cc21. The number of carbonyl (C=O) groups excluding carboxylic acids is 1. The molecule has 96 valence electrons. The summed E-state index contributed by atoms with van der Waals surface area (Å²) in [7, 11) is 0. The summed E-state index contributed by atoms with van der Waals surface area (Å²) in [5, 5.41) is 0. The van der Waals surface area contributed by atoms with Crippen molar-refractivity contribution in [3.63, 3.8) is 0 Å². The van der Waals surface area contributed by atoms with Crippen LogP contribution in [-0.4, -0.2) is 33.0 Å². The summed E-state index contributed by atoms with van der Waals surface area (Å²) >= 11 is -0.307. The Kier molecular flexibility index (Phi) is 4.09. The Morgan fingerprint density at radius 3 is 2.61 bits per heavy atom. The second-order valence-corrected chi connectivity index (χ2v) is 7.94. The summed E-state index contributed by atoms with van der Waals surface area (Å²) in [4.78, 5) is 11.6. The maximum atomic E-state index is 11.6. The average molecular weight is 360 g/mol. The van der Waals surface area contributed by atoms with Gasteiger partial charge in [-0.3, -0.25) is 0 Å². The van der Waals surface area contributed by atoms with Crippen LogP contribution in [0.1, 0.15) is 21.8 Å². The average Bonchev–Trinajstić information content (AvgIpc) is 2.57. The molecule has 0 saturated carbocycles. The third kappa shape index (κ3) is 2.60. The number of esters is 1. The topological polar surface area (TPSA) is 30.2 Å². The summed E-state index contributed by atoms with van der Waals surface area (Å²) in [6, 6.07) is 4.48. The second kappa shape index (κ2) is 5.42. The Bertz CT molecular complexity index is 601. The molecule has 1 aromatic heterocycles. The van der Waals surface area contributed by atoms with Gasteiger partial charge in [0.1, 0.15) is 0 Å². The molecule has 0 amide bonds. The summed E-state index contributed by atoms with van der Waals surface area (Å²) in [6.45, 7) is 9.03. The molecule has 0 unspecified atom stereocenters. The first-order valence-electron chi connectivity index (χ1n) is 6.08. The van der Waals surface area contributed by atoms with E-state index in [1.54, 1.807) is 0 Å². The van der Waals surface area contributed by atoms with E-state index in [4.69, 9.17) is 4.74 Å². The number of fused-ring (bicyclic) bond motifs is 1. The van der Waals surface area contributed by atoms with Crippen LogP contribution >= 0.6 is 0 Å². The van der Waals surface area contributed by atoms with Crippen molar-refractivity contribution in [2.45, 2.75) is 34.2 Å². The van der Waals surface area contributed by atoms with Crippen LogP contribution in [-0.2, 0) is 16.1 Å². The fraction of sp³-hybridized carbons (Fsp3) is 0.429. The van der Waals surface area contributed by atoms with E-state index in [1.165, 1.54) is 23.8 Å². The molecule has 0 spiro atoms. The molecule has 18 heavy (non-hydrogen) atoms. The fourth-order valence-electron chi connectivity index (χ4n) is 1.98. The zero-order valence-electron chi connectivity index (χ0n) is 11.2. The monoisotopic (exact) mass is 362 g/mol. The minimum absolute atomic E-state index is 0.143. The van der Waals surface area contributed by atoms with E-state index in [2.05, 4.69) is 37.5 Å². The number of hydrogen-bond acceptors (Lipinski definition) is 2. The molecule has 3 nitrogen and oxygen atoms in total. The summed E-state index contributed by atoms with van der Waals surface area (Å²) in [5.41, 5.74) is 3.83. The fourth-order valence-corrected chi connectivity index (χ4v) is 5.12. The van der Waals surface area contributed by atoms with E-state index in [0.717, 1.165) is 0 Å². The Labute approximate surface area is 117 Å². The number of hydrogen-bond donors (Lipinski definition) is 0. The molecule has 0 saturated heterocycles. The molecule has 1 aromatic carbocycles. The van der Waals surface area contributed by atoms with Crippen LogP contribution in [0.4, 0.5) is 0 Å². The molecule has 0 fully saturated rings. The van der Waals surface area contributed by atoms with Crippen molar-refractivity contribution < 1.29 is 14.1 Å². The summed E-state index contributed by atoms with van der Waals surface area (Å²) < 4.78 is 9.95. The van der Waals surface area contributed by atoms with Crippen LogP contribution in [0, 0.1) is 20.8 Å². The molecule has 0 aliphatic carbocycles. The first-order valence-corrected chi connectivity index (χ1v) is 8.41. The zero-order chi connectivity index (χ0) is 13.3. The minimum atomic E-state index is -0.307. The predicted octanol–water partition coefficient (Wildman–Crippen LogP) is 1.67. The van der Waals surface area contributed by atoms with E-state index < -0.39 is 0 Å². The van der Waals surface area contributed by atoms with Crippen LogP contribution in [0.2, 0.25) is 0 Å². The van der Waals surface area contributed by atoms with E-state index in [-0.39, 0.29) is 26.4 Å². The molecule has 2 rings (SSSR count). The molecule has 1 heterocycles. The van der Waals surface area contributed by atoms with Gasteiger partial charge in [0, 0.05) is 0 Å². The number of carbonyl (C=O) groups is 1. The van der Waals surface area contributed by atoms with Gasteiger partial charge in [0.25, 0.3) is 0 Å². The first kappa shape index (κ1) is 13.6. The quantitative estimate of drug-likeness (QED) is 0.474. The molecule has 0 N–H and O–H groups in total. The number of rotatable bonds is 3. The van der Waals surface area contributed by atoms with Crippen molar-refractivity contribution in [2.75, 3.05) is 6.61 Å². The van der Waals surface area contributed by atoms with Gasteiger partial charge in [0.05, 0.1) is 0 Å². The molecule has 4 heteroatoms. The second-order valence-electron chi connectivity index (χ2n) is 4.42. The normalized spacial score (nSPS) is 10.9. The Hall–Kier alpha value is -0.850. The number of aromatic nitrogens is 1. The first-order chi connectivity index (χ1) is 8.52. The van der Waals surface area contributed by atoms with Crippen LogP contribution < -0.4 is 4.57 Å². The third-order valence-electron chi connectivity index (χ3n) is 3.10. The number of ether oxygens (including phenoxy) is 1. The maximum absolute atomic E-state index is 11.6. The third-order valence-corrected chi connectivity index (χ3v) is 6.13. The van der Waals surface area contributed by atoms with Gasteiger partial charge in [-0.2, -0.15) is 0 Å². The van der Waals surface area contributed by atoms with E-state index >= 15 is 0 Å². The van der Waals surface area contributed by atoms with Gasteiger partial charge in [0.2, 0.25) is 0 Å². The standard InChI is InChI=1S/C14H18NO2Te/c1-5-17-14(16)8-15-11(4)18-13-7-10(3)9(2)6-12(13)15/h6-7H,5,8H2,1-4H3/q+1. The molecule has 2 aromatic rings. The van der Waals surface area contributed by atoms with Crippen LogP contribution in [0.15, 0.2) is 12.1 Å². The van der Waals surface area contributed by atoms with Gasteiger partial charge in [-0.05, 0) is 0 Å². The molecular formula is C14H18NO2Te+. The van der Waals surface area contributed by atoms with E-state index in [1.807, 2.05) is 6.92 Å². The number of nitrogens with zero attached hydrogens (tertiary/aromatic N) is 1. The van der Waals surface area contributed by atoms with Crippen molar-refractivity contribution in [3.8, 4) is 0 Å². The van der Waals surface area contributed by atoms with Gasteiger partial charge in [-0.1, -0.05) is 0 Å². The van der Waals surface area contributed by atoms with Crippen molar-refractivity contribution in [1.29, 1.82) is 0 Å². The van der Waals surface area contributed by atoms with Crippen LogP contribution in [0.25, 0.3) is 8.92 Å². The van der Waals surface area contributed by atoms with Crippen LogP contribution in [0.3, 0.4) is 0 Å². The summed E-state index contributed by atoms with van der Waals surface area (Å²) in [5.74, 6) is -0.143. The molecule has 0 aliphatic rings. The molecule has 0 radical (unpaired) electrons. The Morgan fingerprint density at radius 1 is 1.28 bits per heavy atom. The summed E-state index contributed by atoms with van der Waals surface area (Å²) in [6.07, 6.45) is 0. The molecule has 0 atom stereocenters. The van der Waals surface area contributed by atoms with Crippen LogP contribution in [0.5, 0.6) is 0 Å². The number of aryl methyl sites for hydroxylation is 3. The van der Waals surface area contributed by atoms with Gasteiger partial charge in [-0.15, -0.1) is 0 Å². The van der Waals surface area contributed by atoms with Crippen molar-refractivity contribution >= 4 is 35.3 Å². The molecule has 0 aliphatic heterocycles. The van der Waals surface area contributed by atoms with Crippen molar-refractivity contribution in [1.82, 2.24) is 0 Å². The van der Waals surface area contributed by atoms with Gasteiger partial charge in [-0.25, -0.2) is 0 Å². The predicted molar refractivity (Wildman–Crippen MR) is 71.9 cm³/mol. The molecular weight excluding hydrogens is 342 g/mol. The number of benzene rings is 1. The van der Waals surface area contributed by atoms with Gasteiger partial charge >= 0.3 is 117 Å². The van der Waals surface area contributed by atoms with Crippen molar-refractivity contribution in [3.05, 3.63) is 27.0 Å². The molecule has 0 bridgehead atoms. The Balaban J connectivity index is 2.46.